The molecule has 2 amide bonds. The number of esters is 1. The number of ether oxygens (including phenoxy) is 1. The van der Waals surface area contributed by atoms with Crippen molar-refractivity contribution in [3.8, 4) is 0 Å². The molecule has 2 heterocycles. The summed E-state index contributed by atoms with van der Waals surface area (Å²) in [4.78, 5) is 26.7. The lowest BCUT2D eigenvalue weighted by Gasteiger charge is -2.40. The van der Waals surface area contributed by atoms with E-state index in [0.29, 0.717) is 29.9 Å². The Bertz CT molecular complexity index is 1060. The van der Waals surface area contributed by atoms with Gasteiger partial charge in [-0.1, -0.05) is 12.1 Å². The fraction of sp³-hybridized carbons (Fsp3) is 0.423. The van der Waals surface area contributed by atoms with E-state index in [1.54, 1.807) is 31.2 Å². The molecule has 8 heteroatoms. The number of piperidine rings is 1. The fourth-order valence-corrected chi connectivity index (χ4v) is 5.34. The maximum Gasteiger partial charge on any atom is 0.338 e. The number of rotatable bonds is 5. The average molecular weight is 481 g/mol. The lowest BCUT2D eigenvalue weighted by atomic mass is 9.98. The highest BCUT2D eigenvalue weighted by Crippen LogP contribution is 2.36. The number of benzene rings is 2. The summed E-state index contributed by atoms with van der Waals surface area (Å²) in [5.74, 6) is -0.370. The predicted molar refractivity (Wildman–Crippen MR) is 138 cm³/mol. The quantitative estimate of drug-likeness (QED) is 0.413. The van der Waals surface area contributed by atoms with Crippen LogP contribution in [-0.4, -0.2) is 46.7 Å². The molecular formula is C26H32N4O3S. The highest BCUT2D eigenvalue weighted by molar-refractivity contribution is 7.80. The number of carbonyl (C=O) groups is 2. The van der Waals surface area contributed by atoms with Crippen LogP contribution >= 0.6 is 12.2 Å². The van der Waals surface area contributed by atoms with Gasteiger partial charge in [-0.2, -0.15) is 0 Å². The van der Waals surface area contributed by atoms with Crippen molar-refractivity contribution in [2.45, 2.75) is 64.6 Å². The molecule has 2 fully saturated rings. The fourth-order valence-electron chi connectivity index (χ4n) is 4.93. The number of nitrogens with zero attached hydrogens (tertiary/aromatic N) is 1. The van der Waals surface area contributed by atoms with Gasteiger partial charge in [-0.05, 0) is 100 Å². The zero-order valence-corrected chi connectivity index (χ0v) is 20.7. The maximum absolute atomic E-state index is 12.6. The highest BCUT2D eigenvalue weighted by atomic mass is 32.1. The van der Waals surface area contributed by atoms with Gasteiger partial charge in [-0.3, -0.25) is 0 Å². The second-order valence-corrected chi connectivity index (χ2v) is 9.49. The van der Waals surface area contributed by atoms with Gasteiger partial charge in [0.15, 0.2) is 5.11 Å². The molecule has 7 nitrogen and oxygen atoms in total. The van der Waals surface area contributed by atoms with E-state index in [-0.39, 0.29) is 18.0 Å². The minimum atomic E-state index is -0.370. The minimum Gasteiger partial charge on any atom is -0.462 e. The van der Waals surface area contributed by atoms with Gasteiger partial charge in [0.2, 0.25) is 0 Å². The number of anilines is 2. The number of carbonyl (C=O) groups excluding carboxylic acids is 2. The van der Waals surface area contributed by atoms with Crippen molar-refractivity contribution in [3.63, 3.8) is 0 Å². The van der Waals surface area contributed by atoms with Crippen LogP contribution in [0.5, 0.6) is 0 Å². The maximum atomic E-state index is 12.6. The van der Waals surface area contributed by atoms with E-state index in [0.717, 1.165) is 36.5 Å². The molecule has 0 saturated carbocycles. The zero-order chi connectivity index (χ0) is 24.2. The number of aryl methyl sites for hydroxylation is 2. The second kappa shape index (κ2) is 10.4. The molecule has 180 valence electrons. The smallest absolute Gasteiger partial charge is 0.338 e. The summed E-state index contributed by atoms with van der Waals surface area (Å²) in [6.45, 7) is 6.25. The van der Waals surface area contributed by atoms with Crippen LogP contribution in [0.1, 0.15) is 54.1 Å². The van der Waals surface area contributed by atoms with E-state index in [2.05, 4.69) is 52.9 Å². The predicted octanol–water partition coefficient (Wildman–Crippen LogP) is 4.99. The molecule has 4 rings (SSSR count). The summed E-state index contributed by atoms with van der Waals surface area (Å²) in [6.07, 6.45) is 3.88. The van der Waals surface area contributed by atoms with E-state index in [1.807, 2.05) is 0 Å². The van der Waals surface area contributed by atoms with Gasteiger partial charge in [0.25, 0.3) is 0 Å². The van der Waals surface area contributed by atoms with E-state index >= 15 is 0 Å². The van der Waals surface area contributed by atoms with Crippen molar-refractivity contribution in [3.05, 3.63) is 59.2 Å². The van der Waals surface area contributed by atoms with Gasteiger partial charge in [0, 0.05) is 29.5 Å². The lowest BCUT2D eigenvalue weighted by Crippen LogP contribution is -2.54. The van der Waals surface area contributed by atoms with Gasteiger partial charge < -0.3 is 25.6 Å². The number of urea groups is 1. The molecule has 2 atom stereocenters. The summed E-state index contributed by atoms with van der Waals surface area (Å²) < 4.78 is 4.99. The first-order valence-electron chi connectivity index (χ1n) is 11.8. The number of fused-ring (bicyclic) bond motifs is 2. The van der Waals surface area contributed by atoms with Crippen molar-refractivity contribution in [1.29, 1.82) is 0 Å². The monoisotopic (exact) mass is 480 g/mol. The van der Waals surface area contributed by atoms with Crippen LogP contribution in [0.3, 0.4) is 0 Å². The topological polar surface area (TPSA) is 82.7 Å². The first kappa shape index (κ1) is 24.0. The van der Waals surface area contributed by atoms with Crippen LogP contribution in [-0.2, 0) is 4.74 Å². The summed E-state index contributed by atoms with van der Waals surface area (Å²) in [5.41, 5.74) is 4.51. The van der Waals surface area contributed by atoms with Crippen LogP contribution in [0.2, 0.25) is 0 Å². The molecule has 34 heavy (non-hydrogen) atoms. The Labute approximate surface area is 206 Å². The molecule has 0 spiro atoms. The van der Waals surface area contributed by atoms with E-state index in [4.69, 9.17) is 17.0 Å². The van der Waals surface area contributed by atoms with Crippen LogP contribution in [0.25, 0.3) is 0 Å². The standard InChI is InChI=1S/C26H32N4O3S/c1-4-33-24(31)18-7-9-19(10-8-18)27-25(32)28-20-14-21-11-12-22(15-20)30(21)26(34)29-23-13-16(2)5-6-17(23)3/h5-10,13,20-22H,4,11-12,14-15H2,1-3H3,(H,29,34)(H2,27,28,32). The molecule has 2 saturated heterocycles. The first-order valence-corrected chi connectivity index (χ1v) is 12.3. The van der Waals surface area contributed by atoms with Gasteiger partial charge >= 0.3 is 12.0 Å². The van der Waals surface area contributed by atoms with E-state index in [9.17, 15) is 9.59 Å². The van der Waals surface area contributed by atoms with Crippen molar-refractivity contribution >= 4 is 40.7 Å². The van der Waals surface area contributed by atoms with Crippen LogP contribution in [0.4, 0.5) is 16.2 Å². The molecule has 0 radical (unpaired) electrons. The Hall–Kier alpha value is -3.13. The van der Waals surface area contributed by atoms with Gasteiger partial charge in [0.05, 0.1) is 12.2 Å². The normalized spacial score (nSPS) is 21.0. The van der Waals surface area contributed by atoms with E-state index < -0.39 is 0 Å². The van der Waals surface area contributed by atoms with Crippen molar-refractivity contribution < 1.29 is 14.3 Å². The highest BCUT2D eigenvalue weighted by Gasteiger charge is 2.42. The molecule has 2 aliphatic heterocycles. The Morgan fingerprint density at radius 3 is 2.35 bits per heavy atom. The third-order valence-corrected chi connectivity index (χ3v) is 6.90. The lowest BCUT2D eigenvalue weighted by molar-refractivity contribution is 0.0526. The van der Waals surface area contributed by atoms with E-state index in [1.165, 1.54) is 11.1 Å². The second-order valence-electron chi connectivity index (χ2n) is 9.11. The summed E-state index contributed by atoms with van der Waals surface area (Å²) >= 11 is 5.79. The summed E-state index contributed by atoms with van der Waals surface area (Å²) in [5, 5.41) is 10.2. The van der Waals surface area contributed by atoms with Crippen molar-refractivity contribution in [1.82, 2.24) is 10.2 Å². The van der Waals surface area contributed by atoms with Gasteiger partial charge in [-0.25, -0.2) is 9.59 Å². The Morgan fingerprint density at radius 2 is 1.71 bits per heavy atom. The minimum absolute atomic E-state index is 0.0936. The molecule has 0 aromatic heterocycles. The molecule has 2 aliphatic rings. The van der Waals surface area contributed by atoms with Gasteiger partial charge in [-0.15, -0.1) is 0 Å². The zero-order valence-electron chi connectivity index (χ0n) is 19.9. The van der Waals surface area contributed by atoms with Crippen molar-refractivity contribution in [2.24, 2.45) is 0 Å². The third kappa shape index (κ3) is 5.50. The molecule has 2 bridgehead atoms. The summed E-state index contributed by atoms with van der Waals surface area (Å²) in [6, 6.07) is 13.5. The van der Waals surface area contributed by atoms with Crippen LogP contribution in [0.15, 0.2) is 42.5 Å². The number of thiocarbonyl (C=S) groups is 1. The Balaban J connectivity index is 1.31. The number of hydrogen-bond acceptors (Lipinski definition) is 4. The number of hydrogen-bond donors (Lipinski definition) is 3. The molecule has 2 aromatic carbocycles. The molecule has 2 aromatic rings. The van der Waals surface area contributed by atoms with Gasteiger partial charge in [0.1, 0.15) is 0 Å². The molecule has 2 unspecified atom stereocenters. The molecule has 3 N–H and O–H groups in total. The third-order valence-electron chi connectivity index (χ3n) is 6.59. The Kier molecular flexibility index (Phi) is 7.36. The largest absolute Gasteiger partial charge is 0.462 e. The van der Waals surface area contributed by atoms with Crippen LogP contribution < -0.4 is 16.0 Å². The van der Waals surface area contributed by atoms with Crippen LogP contribution in [0, 0.1) is 13.8 Å². The molecular weight excluding hydrogens is 448 g/mol. The average Bonchev–Trinajstić information content (AvgIpc) is 3.07. The Morgan fingerprint density at radius 1 is 1.03 bits per heavy atom. The SMILES string of the molecule is CCOC(=O)c1ccc(NC(=O)NC2CC3CCC(C2)N3C(=S)Nc2cc(C)ccc2C)cc1. The number of nitrogens with one attached hydrogen (secondary N) is 3. The number of amides is 2. The molecule has 0 aliphatic carbocycles. The first-order chi connectivity index (χ1) is 16.3. The summed E-state index contributed by atoms with van der Waals surface area (Å²) in [7, 11) is 0. The van der Waals surface area contributed by atoms with Crippen molar-refractivity contribution in [2.75, 3.05) is 17.2 Å².